The SMILES string of the molecule is CN(C/C=C/C(=O)Nc1ccc(C(=O)Nc2cccc(Nc3ncc(Cl)c(-c4c[nH]c5ccccc45)n3)c2)cc1)CCOCCOCCOCCOCCOCCNC(=O)c1nc(NC(=O)CCNC(=O)c2cc(NC(=O)c3nc(NC(=O)CCNC(=O)c4cc(NC(=O)c5nc(NC(=O)CCNC(=O)c6cccn6C)cn5C)cn4C)cn3C)cn2C)cn1C. The van der Waals surface area contributed by atoms with Crippen molar-refractivity contribution in [2.75, 3.05) is 155 Å². The van der Waals surface area contributed by atoms with Crippen LogP contribution in [0.1, 0.15) is 92.9 Å². The van der Waals surface area contributed by atoms with Crippen molar-refractivity contribution < 1.29 is 76.4 Å². The molecule has 0 bridgehead atoms. The van der Waals surface area contributed by atoms with Crippen LogP contribution in [-0.2, 0) is 85.1 Å². The molecule has 0 radical (unpaired) electrons. The Hall–Kier alpha value is -14.5. The molecular formula is C84H98ClN25O16. The van der Waals surface area contributed by atoms with Gasteiger partial charge in [0.1, 0.15) is 17.1 Å². The molecule has 0 saturated heterocycles. The number of rotatable bonds is 47. The van der Waals surface area contributed by atoms with Crippen LogP contribution in [0.5, 0.6) is 0 Å². The molecule has 42 heteroatoms. The van der Waals surface area contributed by atoms with E-state index in [1.54, 1.807) is 120 Å². The number of amides is 11. The molecule has 11 amide bonds. The number of nitrogens with zero attached hydrogens (tertiary/aromatic N) is 12. The summed E-state index contributed by atoms with van der Waals surface area (Å²) in [5, 5.41) is 34.3. The largest absolute Gasteiger partial charge is 0.378 e. The third kappa shape index (κ3) is 27.3. The van der Waals surface area contributed by atoms with E-state index in [1.807, 2.05) is 48.5 Å². The number of H-pyrrole nitrogens is 1. The molecule has 13 N–H and O–H groups in total. The second kappa shape index (κ2) is 45.6. The Morgan fingerprint density at radius 3 is 1.45 bits per heavy atom. The number of ether oxygens (including phenoxy) is 5. The molecule has 0 aliphatic rings. The van der Waals surface area contributed by atoms with Gasteiger partial charge in [-0.1, -0.05) is 41.9 Å². The Balaban J connectivity index is 0.467. The molecular weight excluding hydrogens is 1650 g/mol. The van der Waals surface area contributed by atoms with Gasteiger partial charge in [0, 0.05) is 189 Å². The van der Waals surface area contributed by atoms with Crippen LogP contribution < -0.4 is 63.8 Å². The highest BCUT2D eigenvalue weighted by molar-refractivity contribution is 6.33. The van der Waals surface area contributed by atoms with Gasteiger partial charge in [0.2, 0.25) is 47.1 Å². The number of imidazole rings is 3. The zero-order valence-electron chi connectivity index (χ0n) is 70.2. The van der Waals surface area contributed by atoms with Crippen LogP contribution in [0.15, 0.2) is 159 Å². The predicted molar refractivity (Wildman–Crippen MR) is 469 cm³/mol. The van der Waals surface area contributed by atoms with Gasteiger partial charge in [0.25, 0.3) is 41.4 Å². The van der Waals surface area contributed by atoms with Crippen LogP contribution in [0.2, 0.25) is 5.02 Å². The fourth-order valence-electron chi connectivity index (χ4n) is 12.5. The zero-order chi connectivity index (χ0) is 89.6. The smallest absolute Gasteiger partial charge is 0.291 e. The maximum atomic E-state index is 13.4. The van der Waals surface area contributed by atoms with Crippen LogP contribution in [0.4, 0.5) is 51.8 Å². The molecule has 0 aliphatic carbocycles. The maximum absolute atomic E-state index is 13.4. The van der Waals surface area contributed by atoms with Crippen molar-refractivity contribution in [3.05, 3.63) is 204 Å². The fourth-order valence-corrected chi connectivity index (χ4v) is 12.7. The van der Waals surface area contributed by atoms with Gasteiger partial charge in [0.15, 0.2) is 17.5 Å². The number of benzene rings is 3. The van der Waals surface area contributed by atoms with Crippen LogP contribution in [0.25, 0.3) is 22.2 Å². The van der Waals surface area contributed by atoms with E-state index in [1.165, 1.54) is 72.0 Å². The van der Waals surface area contributed by atoms with Crippen molar-refractivity contribution >= 4 is 139 Å². The van der Waals surface area contributed by atoms with Crippen molar-refractivity contribution in [2.45, 2.75) is 19.3 Å². The van der Waals surface area contributed by atoms with Gasteiger partial charge in [-0.25, -0.2) is 24.9 Å². The number of nitrogens with one attached hydrogen (secondary N) is 13. The normalized spacial score (nSPS) is 11.2. The van der Waals surface area contributed by atoms with E-state index < -0.39 is 47.3 Å². The summed E-state index contributed by atoms with van der Waals surface area (Å²) >= 11 is 6.53. The first-order valence-corrected chi connectivity index (χ1v) is 40.3. The number of halogens is 1. The summed E-state index contributed by atoms with van der Waals surface area (Å²) in [7, 11) is 11.5. The summed E-state index contributed by atoms with van der Waals surface area (Å²) < 4.78 is 36.9. The first-order chi connectivity index (χ1) is 60.8. The lowest BCUT2D eigenvalue weighted by molar-refractivity contribution is -0.116. The van der Waals surface area contributed by atoms with Crippen molar-refractivity contribution in [1.29, 1.82) is 0 Å². The van der Waals surface area contributed by atoms with E-state index >= 15 is 0 Å². The molecule has 3 aromatic carbocycles. The quantitative estimate of drug-likeness (QED) is 0.0149. The highest BCUT2D eigenvalue weighted by Gasteiger charge is 2.24. The molecule has 0 aliphatic heterocycles. The topological polar surface area (TPSA) is 491 Å². The second-order valence-corrected chi connectivity index (χ2v) is 29.0. The van der Waals surface area contributed by atoms with Crippen LogP contribution >= 0.6 is 11.6 Å². The minimum absolute atomic E-state index is 0.0366. The molecule has 11 aromatic rings. The van der Waals surface area contributed by atoms with E-state index in [2.05, 4.69) is 93.7 Å². The summed E-state index contributed by atoms with van der Waals surface area (Å²) in [5.41, 5.74) is 5.80. The van der Waals surface area contributed by atoms with E-state index in [0.29, 0.717) is 111 Å². The number of likely N-dealkylation sites (N-methyl/N-ethyl adjacent to an activating group) is 1. The lowest BCUT2D eigenvalue weighted by Crippen LogP contribution is -2.30. The fraction of sp³-hybridized carbons (Fsp3) is 0.310. The number of fused-ring (bicyclic) bond motifs is 1. The van der Waals surface area contributed by atoms with E-state index in [0.717, 1.165) is 16.5 Å². The number of para-hydroxylation sites is 1. The molecule has 8 heterocycles. The summed E-state index contributed by atoms with van der Waals surface area (Å²) in [5.74, 6) is -4.72. The Morgan fingerprint density at radius 1 is 0.437 bits per heavy atom. The van der Waals surface area contributed by atoms with Gasteiger partial charge in [-0.3, -0.25) is 52.7 Å². The van der Waals surface area contributed by atoms with Gasteiger partial charge in [0.05, 0.1) is 94.4 Å². The van der Waals surface area contributed by atoms with Crippen LogP contribution in [-0.4, -0.2) is 240 Å². The first-order valence-electron chi connectivity index (χ1n) is 39.9. The number of aryl methyl sites for hydroxylation is 6. The lowest BCUT2D eigenvalue weighted by atomic mass is 10.1. The average Bonchev–Trinajstić information content (AvgIpc) is 1.62. The molecule has 662 valence electrons. The Kier molecular flexibility index (Phi) is 33.4. The Labute approximate surface area is 727 Å². The number of hydrogen-bond donors (Lipinski definition) is 13. The number of carbonyl (C=O) groups excluding carboxylic acids is 11. The van der Waals surface area contributed by atoms with Gasteiger partial charge in [-0.15, -0.1) is 0 Å². The minimum Gasteiger partial charge on any atom is -0.378 e. The van der Waals surface area contributed by atoms with Crippen molar-refractivity contribution in [1.82, 2.24) is 83.5 Å². The van der Waals surface area contributed by atoms with Gasteiger partial charge >= 0.3 is 0 Å². The number of anilines is 9. The highest BCUT2D eigenvalue weighted by atomic mass is 35.5. The average molecular weight is 1750 g/mol. The third-order valence-electron chi connectivity index (χ3n) is 18.8. The zero-order valence-corrected chi connectivity index (χ0v) is 71.0. The summed E-state index contributed by atoms with van der Waals surface area (Å²) in [6, 6.07) is 27.9. The highest BCUT2D eigenvalue weighted by Crippen LogP contribution is 2.33. The summed E-state index contributed by atoms with van der Waals surface area (Å²) in [4.78, 5) is 170. The molecule has 8 aromatic heterocycles. The van der Waals surface area contributed by atoms with Gasteiger partial charge in [-0.05, 0) is 79.8 Å². The van der Waals surface area contributed by atoms with Crippen molar-refractivity contribution in [3.8, 4) is 11.3 Å². The molecule has 0 atom stereocenters. The van der Waals surface area contributed by atoms with E-state index in [4.69, 9.17) is 35.3 Å². The third-order valence-corrected chi connectivity index (χ3v) is 19.1. The second-order valence-electron chi connectivity index (χ2n) is 28.6. The number of aromatic nitrogens is 12. The first kappa shape index (κ1) is 92.2. The molecule has 0 fully saturated rings. The van der Waals surface area contributed by atoms with Crippen molar-refractivity contribution in [2.24, 2.45) is 42.3 Å². The van der Waals surface area contributed by atoms with Gasteiger partial charge in [-0.2, -0.15) is 0 Å². The minimum atomic E-state index is -0.658. The standard InChI is InChI=1S/C84H98ClN25O16/c1-104(30-12-18-69(111)92-54-21-19-53(20-22-54)77(115)93-55-13-10-14-56(43-55)96-84-91-47-61(85)73(103-84)60-46-90-62-16-9-8-15-59(60)62)32-34-123-36-38-125-40-42-126-41-39-124-37-35-122-33-29-89-81(119)74-100-66(50-108(74)5)97-71(113)24-27-87-79(117)64-44-57(48-106(64)3)95-83(121)76-102-68(52-110(76)7)99-72(114)25-28-88-80(118)65-45-58(49-107(65)4)94-82(120)75-101-67(51-109(75)6)98-70(112)23-26-86-78(116)63-17-11-31-105(63)2/h8-22,31,43-52,90H,23-30,32-42H2,1-7H3,(H,86,116)(H,87,117)(H,88,118)(H,89,119)(H,92,111)(H,93,115)(H,94,120)(H,95,121)(H,97,113)(H,98,112)(H,99,114)(H,91,96,103)/b18-12+. The van der Waals surface area contributed by atoms with Gasteiger partial charge < -0.3 is 125 Å². The van der Waals surface area contributed by atoms with E-state index in [9.17, 15) is 52.7 Å². The molecule has 11 rings (SSSR count). The monoisotopic (exact) mass is 1750 g/mol. The number of aromatic amines is 1. The summed E-state index contributed by atoms with van der Waals surface area (Å²) in [6.07, 6.45) is 15.4. The van der Waals surface area contributed by atoms with E-state index in [-0.39, 0.29) is 134 Å². The molecule has 126 heavy (non-hydrogen) atoms. The molecule has 0 saturated carbocycles. The molecule has 41 nitrogen and oxygen atoms in total. The Bertz CT molecular complexity index is 5720. The van der Waals surface area contributed by atoms with Crippen molar-refractivity contribution in [3.63, 3.8) is 0 Å². The van der Waals surface area contributed by atoms with Crippen LogP contribution in [0.3, 0.4) is 0 Å². The predicted octanol–water partition coefficient (Wildman–Crippen LogP) is 6.21. The van der Waals surface area contributed by atoms with Crippen LogP contribution in [0, 0.1) is 0 Å². The maximum Gasteiger partial charge on any atom is 0.291 e. The number of hydrogen-bond acceptors (Lipinski definition) is 23. The summed E-state index contributed by atoms with van der Waals surface area (Å²) in [6.45, 7) is 4.76. The number of carbonyl (C=O) groups is 11. The lowest BCUT2D eigenvalue weighted by Gasteiger charge is -2.14. The molecule has 0 spiro atoms. The Morgan fingerprint density at radius 2 is 0.921 bits per heavy atom. The molecule has 0 unspecified atom stereocenters.